The number of aromatic nitrogens is 2. The molecule has 0 aromatic carbocycles. The fraction of sp³-hybridized carbons (Fsp3) is 0.500. The molecule has 1 unspecified atom stereocenters. The SMILES string of the molecule is CN1CCC(n2cccn2)C1=O. The standard InChI is InChI=1S/C8H11N3O/c1-10-6-3-7(8(10)12)11-5-2-4-9-11/h2,4-5,7H,3,6H2,1H3. The van der Waals surface area contributed by atoms with Crippen LogP contribution in [0.5, 0.6) is 0 Å². The largest absolute Gasteiger partial charge is 0.344 e. The minimum Gasteiger partial charge on any atom is -0.344 e. The van der Waals surface area contributed by atoms with Gasteiger partial charge in [0.25, 0.3) is 0 Å². The minimum atomic E-state index is -0.0648. The Morgan fingerprint density at radius 1 is 1.67 bits per heavy atom. The summed E-state index contributed by atoms with van der Waals surface area (Å²) in [5, 5.41) is 4.05. The third kappa shape index (κ3) is 0.995. The molecule has 1 aromatic rings. The van der Waals surface area contributed by atoms with Crippen molar-refractivity contribution >= 4 is 5.91 Å². The Kier molecular flexibility index (Phi) is 1.60. The van der Waals surface area contributed by atoms with E-state index in [0.29, 0.717) is 0 Å². The van der Waals surface area contributed by atoms with Crippen LogP contribution in [0.4, 0.5) is 0 Å². The third-order valence-electron chi connectivity index (χ3n) is 2.24. The van der Waals surface area contributed by atoms with Crippen LogP contribution in [0.25, 0.3) is 0 Å². The van der Waals surface area contributed by atoms with Crippen molar-refractivity contribution in [3.63, 3.8) is 0 Å². The highest BCUT2D eigenvalue weighted by Gasteiger charge is 2.30. The van der Waals surface area contributed by atoms with Gasteiger partial charge < -0.3 is 4.90 Å². The number of carbonyl (C=O) groups is 1. The van der Waals surface area contributed by atoms with Gasteiger partial charge in [0.15, 0.2) is 0 Å². The lowest BCUT2D eigenvalue weighted by Crippen LogP contribution is -2.24. The Hall–Kier alpha value is -1.32. The van der Waals surface area contributed by atoms with E-state index in [-0.39, 0.29) is 11.9 Å². The van der Waals surface area contributed by atoms with Crippen LogP contribution in [0.2, 0.25) is 0 Å². The van der Waals surface area contributed by atoms with E-state index in [1.54, 1.807) is 15.8 Å². The molecule has 0 aliphatic carbocycles. The molecule has 2 heterocycles. The van der Waals surface area contributed by atoms with Crippen molar-refractivity contribution in [3.05, 3.63) is 18.5 Å². The molecule has 1 saturated heterocycles. The van der Waals surface area contributed by atoms with Gasteiger partial charge in [-0.15, -0.1) is 0 Å². The number of carbonyl (C=O) groups excluding carboxylic acids is 1. The van der Waals surface area contributed by atoms with Crippen LogP contribution in [0.3, 0.4) is 0 Å². The predicted molar refractivity (Wildman–Crippen MR) is 43.5 cm³/mol. The van der Waals surface area contributed by atoms with Crippen LogP contribution in [0.15, 0.2) is 18.5 Å². The van der Waals surface area contributed by atoms with Crippen LogP contribution < -0.4 is 0 Å². The fourth-order valence-corrected chi connectivity index (χ4v) is 1.51. The molecule has 1 aromatic heterocycles. The van der Waals surface area contributed by atoms with Gasteiger partial charge in [-0.1, -0.05) is 0 Å². The molecule has 0 saturated carbocycles. The van der Waals surface area contributed by atoms with E-state index < -0.39 is 0 Å². The zero-order chi connectivity index (χ0) is 8.55. The smallest absolute Gasteiger partial charge is 0.247 e. The maximum atomic E-state index is 11.5. The lowest BCUT2D eigenvalue weighted by molar-refractivity contribution is -0.129. The van der Waals surface area contributed by atoms with E-state index in [1.165, 1.54) is 0 Å². The van der Waals surface area contributed by atoms with Crippen LogP contribution in [-0.2, 0) is 4.79 Å². The lowest BCUT2D eigenvalue weighted by Gasteiger charge is -2.09. The summed E-state index contributed by atoms with van der Waals surface area (Å²) in [5.74, 6) is 0.165. The van der Waals surface area contributed by atoms with Crippen molar-refractivity contribution in [2.24, 2.45) is 0 Å². The molecule has 1 amide bonds. The van der Waals surface area contributed by atoms with Gasteiger partial charge in [-0.3, -0.25) is 9.48 Å². The molecule has 0 bridgehead atoms. The Morgan fingerprint density at radius 2 is 2.50 bits per heavy atom. The fourth-order valence-electron chi connectivity index (χ4n) is 1.51. The molecule has 4 nitrogen and oxygen atoms in total. The molecule has 1 aliphatic heterocycles. The summed E-state index contributed by atoms with van der Waals surface area (Å²) in [5.41, 5.74) is 0. The van der Waals surface area contributed by atoms with Crippen molar-refractivity contribution in [1.82, 2.24) is 14.7 Å². The Balaban J connectivity index is 2.22. The lowest BCUT2D eigenvalue weighted by atomic mass is 10.2. The molecule has 64 valence electrons. The number of hydrogen-bond acceptors (Lipinski definition) is 2. The summed E-state index contributed by atoms with van der Waals surface area (Å²) in [6, 6.07) is 1.77. The summed E-state index contributed by atoms with van der Waals surface area (Å²) in [6.07, 6.45) is 4.41. The van der Waals surface area contributed by atoms with Gasteiger partial charge in [0.1, 0.15) is 6.04 Å². The van der Waals surface area contributed by atoms with Crippen molar-refractivity contribution in [1.29, 1.82) is 0 Å². The van der Waals surface area contributed by atoms with E-state index in [2.05, 4.69) is 5.10 Å². The zero-order valence-electron chi connectivity index (χ0n) is 6.97. The number of likely N-dealkylation sites (N-methyl/N-ethyl adjacent to an activating group) is 1. The highest BCUT2D eigenvalue weighted by Crippen LogP contribution is 2.20. The first-order valence-electron chi connectivity index (χ1n) is 4.03. The molecule has 1 fully saturated rings. The van der Waals surface area contributed by atoms with Crippen molar-refractivity contribution in [2.45, 2.75) is 12.5 Å². The van der Waals surface area contributed by atoms with Gasteiger partial charge in [0.2, 0.25) is 5.91 Å². The van der Waals surface area contributed by atoms with Crippen molar-refractivity contribution in [3.8, 4) is 0 Å². The van der Waals surface area contributed by atoms with Crippen LogP contribution in [0, 0.1) is 0 Å². The molecule has 4 heteroatoms. The van der Waals surface area contributed by atoms with Crippen LogP contribution in [-0.4, -0.2) is 34.2 Å². The van der Waals surface area contributed by atoms with E-state index in [1.807, 2.05) is 19.3 Å². The van der Waals surface area contributed by atoms with E-state index >= 15 is 0 Å². The van der Waals surface area contributed by atoms with Crippen LogP contribution in [0.1, 0.15) is 12.5 Å². The zero-order valence-corrected chi connectivity index (χ0v) is 6.97. The van der Waals surface area contributed by atoms with Gasteiger partial charge in [0.05, 0.1) is 0 Å². The van der Waals surface area contributed by atoms with E-state index in [4.69, 9.17) is 0 Å². The number of nitrogens with zero attached hydrogens (tertiary/aromatic N) is 3. The number of rotatable bonds is 1. The van der Waals surface area contributed by atoms with Gasteiger partial charge in [-0.25, -0.2) is 0 Å². The number of likely N-dealkylation sites (tertiary alicyclic amines) is 1. The summed E-state index contributed by atoms with van der Waals surface area (Å²) in [7, 11) is 1.83. The number of amides is 1. The predicted octanol–water partition coefficient (Wildman–Crippen LogP) is 0.286. The second kappa shape index (κ2) is 2.62. The van der Waals surface area contributed by atoms with Crippen molar-refractivity contribution < 1.29 is 4.79 Å². The summed E-state index contributed by atoms with van der Waals surface area (Å²) >= 11 is 0. The van der Waals surface area contributed by atoms with Gasteiger partial charge >= 0.3 is 0 Å². The van der Waals surface area contributed by atoms with Crippen LogP contribution >= 0.6 is 0 Å². The molecule has 0 N–H and O–H groups in total. The van der Waals surface area contributed by atoms with E-state index in [0.717, 1.165) is 13.0 Å². The summed E-state index contributed by atoms with van der Waals surface area (Å²) < 4.78 is 1.73. The Morgan fingerprint density at radius 3 is 3.00 bits per heavy atom. The first kappa shape index (κ1) is 7.34. The molecule has 0 spiro atoms. The first-order chi connectivity index (χ1) is 5.79. The summed E-state index contributed by atoms with van der Waals surface area (Å²) in [6.45, 7) is 0.837. The molecule has 0 radical (unpaired) electrons. The van der Waals surface area contributed by atoms with Gasteiger partial charge in [-0.05, 0) is 12.5 Å². The highest BCUT2D eigenvalue weighted by molar-refractivity contribution is 5.82. The Bertz CT molecular complexity index is 281. The summed E-state index contributed by atoms with van der Waals surface area (Å²) in [4.78, 5) is 13.2. The van der Waals surface area contributed by atoms with Crippen molar-refractivity contribution in [2.75, 3.05) is 13.6 Å². The average Bonchev–Trinajstić information content (AvgIpc) is 2.64. The maximum Gasteiger partial charge on any atom is 0.247 e. The highest BCUT2D eigenvalue weighted by atomic mass is 16.2. The quantitative estimate of drug-likeness (QED) is 0.599. The molecular weight excluding hydrogens is 154 g/mol. The van der Waals surface area contributed by atoms with Gasteiger partial charge in [0, 0.05) is 26.0 Å². The molecule has 2 rings (SSSR count). The maximum absolute atomic E-state index is 11.5. The monoisotopic (exact) mass is 165 g/mol. The topological polar surface area (TPSA) is 38.1 Å². The number of hydrogen-bond donors (Lipinski definition) is 0. The normalized spacial score (nSPS) is 23.6. The first-order valence-corrected chi connectivity index (χ1v) is 4.03. The third-order valence-corrected chi connectivity index (χ3v) is 2.24. The molecule has 12 heavy (non-hydrogen) atoms. The minimum absolute atomic E-state index is 0.0648. The Labute approximate surface area is 70.8 Å². The van der Waals surface area contributed by atoms with Gasteiger partial charge in [-0.2, -0.15) is 5.10 Å². The second-order valence-corrected chi connectivity index (χ2v) is 3.05. The molecular formula is C8H11N3O. The average molecular weight is 165 g/mol. The molecule has 1 atom stereocenters. The molecule has 1 aliphatic rings. The van der Waals surface area contributed by atoms with E-state index in [9.17, 15) is 4.79 Å². The second-order valence-electron chi connectivity index (χ2n) is 3.05.